The van der Waals surface area contributed by atoms with Crippen molar-refractivity contribution in [3.8, 4) is 5.75 Å². The smallest absolute Gasteiger partial charge is 0.271 e. The SMILES string of the molecule is O=C(NN=Cc1ccccc1OCc1ccc(Br)cc1)c1cccc([N+](=O)[O-])c1. The van der Waals surface area contributed by atoms with Crippen LogP contribution in [0.5, 0.6) is 5.75 Å². The Morgan fingerprint density at radius 3 is 2.62 bits per heavy atom. The van der Waals surface area contributed by atoms with E-state index in [2.05, 4.69) is 26.5 Å². The van der Waals surface area contributed by atoms with Crippen molar-refractivity contribution in [2.24, 2.45) is 5.10 Å². The second-order valence-electron chi connectivity index (χ2n) is 5.96. The summed E-state index contributed by atoms with van der Waals surface area (Å²) in [5.74, 6) is 0.0713. The normalized spacial score (nSPS) is 10.7. The molecular weight excluding hydrogens is 438 g/mol. The van der Waals surface area contributed by atoms with Crippen LogP contribution in [0.3, 0.4) is 0 Å². The molecule has 146 valence electrons. The molecule has 0 spiro atoms. The van der Waals surface area contributed by atoms with Crippen molar-refractivity contribution in [3.05, 3.63) is 104 Å². The molecule has 0 atom stereocenters. The third-order valence-corrected chi connectivity index (χ3v) is 4.44. The number of hydrogen-bond acceptors (Lipinski definition) is 5. The Hall–Kier alpha value is -3.52. The number of carbonyl (C=O) groups is 1. The van der Waals surface area contributed by atoms with Crippen molar-refractivity contribution in [2.45, 2.75) is 6.61 Å². The summed E-state index contributed by atoms with van der Waals surface area (Å²) in [6.45, 7) is 0.387. The molecule has 0 radical (unpaired) electrons. The number of nitro benzene ring substituents is 1. The zero-order valence-corrected chi connectivity index (χ0v) is 16.7. The Labute approximate surface area is 175 Å². The number of carbonyl (C=O) groups excluding carboxylic acids is 1. The van der Waals surface area contributed by atoms with Gasteiger partial charge in [-0.1, -0.05) is 46.3 Å². The van der Waals surface area contributed by atoms with Crippen LogP contribution in [0.1, 0.15) is 21.5 Å². The van der Waals surface area contributed by atoms with Crippen LogP contribution in [0.25, 0.3) is 0 Å². The highest BCUT2D eigenvalue weighted by Gasteiger charge is 2.10. The van der Waals surface area contributed by atoms with E-state index in [1.165, 1.54) is 30.5 Å². The van der Waals surface area contributed by atoms with Gasteiger partial charge in [-0.3, -0.25) is 14.9 Å². The highest BCUT2D eigenvalue weighted by molar-refractivity contribution is 9.10. The highest BCUT2D eigenvalue weighted by Crippen LogP contribution is 2.19. The topological polar surface area (TPSA) is 93.8 Å². The Kier molecular flexibility index (Phi) is 6.70. The Balaban J connectivity index is 1.64. The van der Waals surface area contributed by atoms with Crippen molar-refractivity contribution < 1.29 is 14.5 Å². The van der Waals surface area contributed by atoms with E-state index in [4.69, 9.17) is 4.74 Å². The van der Waals surface area contributed by atoms with E-state index in [1.807, 2.05) is 42.5 Å². The summed E-state index contributed by atoms with van der Waals surface area (Å²) in [6, 6.07) is 20.5. The number of halogens is 1. The lowest BCUT2D eigenvalue weighted by Gasteiger charge is -2.09. The van der Waals surface area contributed by atoms with Crippen molar-refractivity contribution in [3.63, 3.8) is 0 Å². The van der Waals surface area contributed by atoms with E-state index in [0.29, 0.717) is 17.9 Å². The lowest BCUT2D eigenvalue weighted by molar-refractivity contribution is -0.384. The predicted molar refractivity (Wildman–Crippen MR) is 113 cm³/mol. The minimum atomic E-state index is -0.556. The van der Waals surface area contributed by atoms with Crippen LogP contribution < -0.4 is 10.2 Å². The third kappa shape index (κ3) is 5.73. The van der Waals surface area contributed by atoms with Gasteiger partial charge in [0, 0.05) is 27.7 Å². The van der Waals surface area contributed by atoms with E-state index in [9.17, 15) is 14.9 Å². The molecule has 0 bridgehead atoms. The molecule has 0 aromatic heterocycles. The molecule has 3 aromatic rings. The molecule has 1 N–H and O–H groups in total. The van der Waals surface area contributed by atoms with Crippen LogP contribution in [0.2, 0.25) is 0 Å². The van der Waals surface area contributed by atoms with Gasteiger partial charge in [0.15, 0.2) is 0 Å². The molecule has 0 aliphatic carbocycles. The van der Waals surface area contributed by atoms with Crippen molar-refractivity contribution >= 4 is 33.7 Å². The minimum Gasteiger partial charge on any atom is -0.488 e. The van der Waals surface area contributed by atoms with Gasteiger partial charge in [-0.25, -0.2) is 5.43 Å². The molecule has 8 heteroatoms. The maximum Gasteiger partial charge on any atom is 0.271 e. The number of benzene rings is 3. The van der Waals surface area contributed by atoms with Crippen molar-refractivity contribution in [1.82, 2.24) is 5.43 Å². The summed E-state index contributed by atoms with van der Waals surface area (Å²) in [7, 11) is 0. The molecule has 0 fully saturated rings. The molecule has 3 rings (SSSR count). The van der Waals surface area contributed by atoms with Crippen LogP contribution in [-0.2, 0) is 6.61 Å². The van der Waals surface area contributed by atoms with Gasteiger partial charge in [0.1, 0.15) is 12.4 Å². The van der Waals surface area contributed by atoms with Gasteiger partial charge in [-0.2, -0.15) is 5.10 Å². The fraction of sp³-hybridized carbons (Fsp3) is 0.0476. The van der Waals surface area contributed by atoms with Crippen LogP contribution in [0.15, 0.2) is 82.4 Å². The summed E-state index contributed by atoms with van der Waals surface area (Å²) < 4.78 is 6.85. The third-order valence-electron chi connectivity index (χ3n) is 3.92. The predicted octanol–water partition coefficient (Wildman–Crippen LogP) is 4.70. The monoisotopic (exact) mass is 453 g/mol. The van der Waals surface area contributed by atoms with Gasteiger partial charge in [-0.15, -0.1) is 0 Å². The van der Waals surface area contributed by atoms with Gasteiger partial charge in [0.05, 0.1) is 11.1 Å². The summed E-state index contributed by atoms with van der Waals surface area (Å²) in [4.78, 5) is 22.4. The number of hydrogen-bond donors (Lipinski definition) is 1. The molecular formula is C21H16BrN3O4. The zero-order chi connectivity index (χ0) is 20.6. The quantitative estimate of drug-likeness (QED) is 0.318. The highest BCUT2D eigenvalue weighted by atomic mass is 79.9. The molecule has 0 saturated heterocycles. The molecule has 0 unspecified atom stereocenters. The van der Waals surface area contributed by atoms with Crippen LogP contribution >= 0.6 is 15.9 Å². The molecule has 7 nitrogen and oxygen atoms in total. The van der Waals surface area contributed by atoms with Gasteiger partial charge in [0.25, 0.3) is 11.6 Å². The molecule has 29 heavy (non-hydrogen) atoms. The average Bonchev–Trinajstić information content (AvgIpc) is 2.74. The largest absolute Gasteiger partial charge is 0.488 e. The molecule has 1 amide bonds. The summed E-state index contributed by atoms with van der Waals surface area (Å²) in [5.41, 5.74) is 4.06. The number of para-hydroxylation sites is 1. The first kappa shape index (κ1) is 20.2. The first-order valence-corrected chi connectivity index (χ1v) is 9.36. The van der Waals surface area contributed by atoms with Gasteiger partial charge < -0.3 is 4.74 Å². The number of non-ortho nitro benzene ring substituents is 1. The Morgan fingerprint density at radius 2 is 1.86 bits per heavy atom. The molecule has 0 aliphatic rings. The van der Waals surface area contributed by atoms with Gasteiger partial charge in [0.2, 0.25) is 0 Å². The van der Waals surface area contributed by atoms with Crippen molar-refractivity contribution in [1.29, 1.82) is 0 Å². The van der Waals surface area contributed by atoms with Crippen LogP contribution in [0, 0.1) is 10.1 Å². The molecule has 0 heterocycles. The number of amides is 1. The number of nitrogens with one attached hydrogen (secondary N) is 1. The van der Waals surface area contributed by atoms with E-state index in [-0.39, 0.29) is 11.3 Å². The average molecular weight is 454 g/mol. The number of rotatable bonds is 7. The fourth-order valence-corrected chi connectivity index (χ4v) is 2.71. The lowest BCUT2D eigenvalue weighted by Crippen LogP contribution is -2.17. The number of nitrogens with zero attached hydrogens (tertiary/aromatic N) is 2. The second kappa shape index (κ2) is 9.61. The van der Waals surface area contributed by atoms with E-state index in [0.717, 1.165) is 10.0 Å². The fourth-order valence-electron chi connectivity index (χ4n) is 2.45. The van der Waals surface area contributed by atoms with Gasteiger partial charge >= 0.3 is 0 Å². The lowest BCUT2D eigenvalue weighted by atomic mass is 10.2. The maximum atomic E-state index is 12.2. The van der Waals surface area contributed by atoms with E-state index < -0.39 is 10.8 Å². The Morgan fingerprint density at radius 1 is 1.10 bits per heavy atom. The standard InChI is InChI=1S/C21H16BrN3O4/c22-18-10-8-15(9-11-18)14-29-20-7-2-1-4-17(20)13-23-24-21(26)16-5-3-6-19(12-16)25(27)28/h1-13H,14H2,(H,24,26). The number of ether oxygens (including phenoxy) is 1. The first-order valence-electron chi connectivity index (χ1n) is 8.57. The maximum absolute atomic E-state index is 12.2. The second-order valence-corrected chi connectivity index (χ2v) is 6.88. The van der Waals surface area contributed by atoms with Crippen LogP contribution in [0.4, 0.5) is 5.69 Å². The molecule has 0 aliphatic heterocycles. The zero-order valence-electron chi connectivity index (χ0n) is 15.1. The molecule has 0 saturated carbocycles. The summed E-state index contributed by atoms with van der Waals surface area (Å²) in [5, 5.41) is 14.8. The van der Waals surface area contributed by atoms with E-state index in [1.54, 1.807) is 6.07 Å². The van der Waals surface area contributed by atoms with Crippen molar-refractivity contribution in [2.75, 3.05) is 0 Å². The first-order chi connectivity index (χ1) is 14.0. The number of hydrazone groups is 1. The molecule has 3 aromatic carbocycles. The van der Waals surface area contributed by atoms with E-state index >= 15 is 0 Å². The number of nitro groups is 1. The minimum absolute atomic E-state index is 0.149. The Bertz CT molecular complexity index is 1050. The summed E-state index contributed by atoms with van der Waals surface area (Å²) in [6.07, 6.45) is 1.46. The van der Waals surface area contributed by atoms with Crippen LogP contribution in [-0.4, -0.2) is 17.0 Å². The van der Waals surface area contributed by atoms with Gasteiger partial charge in [-0.05, 0) is 35.9 Å². The summed E-state index contributed by atoms with van der Waals surface area (Å²) >= 11 is 3.39.